The van der Waals surface area contributed by atoms with Gasteiger partial charge in [-0.2, -0.15) is 0 Å². The third kappa shape index (κ3) is 3.28. The van der Waals surface area contributed by atoms with Crippen LogP contribution in [0.1, 0.15) is 38.3 Å². The molecular weight excluding hydrogens is 298 g/mol. The highest BCUT2D eigenvalue weighted by Gasteiger charge is 2.14. The Balaban J connectivity index is 2.28. The van der Waals surface area contributed by atoms with Crippen LogP contribution in [0, 0.1) is 0 Å². The van der Waals surface area contributed by atoms with Crippen LogP contribution in [0.5, 0.6) is 0 Å². The minimum atomic E-state index is 0.530. The van der Waals surface area contributed by atoms with Gasteiger partial charge in [-0.05, 0) is 54.5 Å². The van der Waals surface area contributed by atoms with Crippen molar-refractivity contribution in [2.45, 2.75) is 37.5 Å². The molecule has 0 radical (unpaired) electrons. The summed E-state index contributed by atoms with van der Waals surface area (Å²) in [5.41, 5.74) is 4.89. The Kier molecular flexibility index (Phi) is 5.02. The quantitative estimate of drug-likeness (QED) is 0.496. The standard InChI is InChI=1S/C21H23NS/c1-4-15(5-2)21-14-18(16-9-7-6-8-10-16)19-13-17(23-3)11-12-20(19)22-21/h6-15H,4-5H2,1-3H3. The van der Waals surface area contributed by atoms with Crippen molar-refractivity contribution in [1.29, 1.82) is 0 Å². The monoisotopic (exact) mass is 321 g/mol. The van der Waals surface area contributed by atoms with E-state index in [1.54, 1.807) is 11.8 Å². The maximum absolute atomic E-state index is 4.97. The van der Waals surface area contributed by atoms with Gasteiger partial charge in [0.2, 0.25) is 0 Å². The molecule has 0 amide bonds. The van der Waals surface area contributed by atoms with Gasteiger partial charge in [-0.25, -0.2) is 0 Å². The van der Waals surface area contributed by atoms with Crippen molar-refractivity contribution in [3.05, 3.63) is 60.3 Å². The third-order valence-electron chi connectivity index (χ3n) is 4.52. The van der Waals surface area contributed by atoms with Gasteiger partial charge in [-0.15, -0.1) is 11.8 Å². The molecule has 2 aromatic carbocycles. The topological polar surface area (TPSA) is 12.9 Å². The van der Waals surface area contributed by atoms with Crippen LogP contribution in [-0.4, -0.2) is 11.2 Å². The largest absolute Gasteiger partial charge is 0.253 e. The second-order valence-electron chi connectivity index (χ2n) is 5.86. The van der Waals surface area contributed by atoms with Gasteiger partial charge in [0, 0.05) is 21.9 Å². The summed E-state index contributed by atoms with van der Waals surface area (Å²) in [5.74, 6) is 0.530. The van der Waals surface area contributed by atoms with E-state index in [0.29, 0.717) is 5.92 Å². The number of rotatable bonds is 5. The minimum absolute atomic E-state index is 0.530. The molecule has 0 aliphatic carbocycles. The summed E-state index contributed by atoms with van der Waals surface area (Å²) in [5, 5.41) is 1.25. The molecule has 3 aromatic rings. The Morgan fingerprint density at radius 1 is 0.957 bits per heavy atom. The molecule has 118 valence electrons. The first kappa shape index (κ1) is 16.1. The predicted molar refractivity (Wildman–Crippen MR) is 102 cm³/mol. The molecule has 0 saturated heterocycles. The molecule has 1 nitrogen and oxygen atoms in total. The highest BCUT2D eigenvalue weighted by atomic mass is 32.2. The van der Waals surface area contributed by atoms with Gasteiger partial charge in [0.15, 0.2) is 0 Å². The Bertz CT molecular complexity index is 792. The van der Waals surface area contributed by atoms with Gasteiger partial charge in [-0.1, -0.05) is 44.2 Å². The fourth-order valence-corrected chi connectivity index (χ4v) is 3.56. The lowest BCUT2D eigenvalue weighted by Crippen LogP contribution is -2.00. The number of pyridine rings is 1. The Morgan fingerprint density at radius 2 is 1.70 bits per heavy atom. The van der Waals surface area contributed by atoms with Crippen LogP contribution in [0.3, 0.4) is 0 Å². The number of thioether (sulfide) groups is 1. The highest BCUT2D eigenvalue weighted by Crippen LogP contribution is 2.34. The molecule has 0 fully saturated rings. The molecular formula is C21H23NS. The first-order chi connectivity index (χ1) is 11.3. The zero-order chi connectivity index (χ0) is 16.2. The normalized spacial score (nSPS) is 11.3. The number of nitrogens with zero attached hydrogens (tertiary/aromatic N) is 1. The summed E-state index contributed by atoms with van der Waals surface area (Å²) in [6, 6.07) is 19.6. The predicted octanol–water partition coefficient (Wildman–Crippen LogP) is 6.53. The van der Waals surface area contributed by atoms with Crippen molar-refractivity contribution >= 4 is 22.7 Å². The van der Waals surface area contributed by atoms with Crippen LogP contribution in [-0.2, 0) is 0 Å². The minimum Gasteiger partial charge on any atom is -0.253 e. The maximum atomic E-state index is 4.97. The van der Waals surface area contributed by atoms with Crippen LogP contribution >= 0.6 is 11.8 Å². The van der Waals surface area contributed by atoms with E-state index in [2.05, 4.69) is 74.7 Å². The molecule has 0 spiro atoms. The molecule has 0 unspecified atom stereocenters. The molecule has 2 heteroatoms. The summed E-state index contributed by atoms with van der Waals surface area (Å²) in [7, 11) is 0. The average molecular weight is 321 g/mol. The van der Waals surface area contributed by atoms with E-state index in [0.717, 1.165) is 18.4 Å². The van der Waals surface area contributed by atoms with E-state index < -0.39 is 0 Å². The Hall–Kier alpha value is -1.80. The maximum Gasteiger partial charge on any atom is 0.0712 e. The van der Waals surface area contributed by atoms with E-state index in [9.17, 15) is 0 Å². The van der Waals surface area contributed by atoms with Gasteiger partial charge in [0.25, 0.3) is 0 Å². The summed E-state index contributed by atoms with van der Waals surface area (Å²) in [6.07, 6.45) is 4.38. The van der Waals surface area contributed by atoms with Crippen molar-refractivity contribution in [3.8, 4) is 11.1 Å². The van der Waals surface area contributed by atoms with E-state index in [4.69, 9.17) is 4.98 Å². The van der Waals surface area contributed by atoms with E-state index in [-0.39, 0.29) is 0 Å². The summed E-state index contributed by atoms with van der Waals surface area (Å²) in [4.78, 5) is 6.25. The van der Waals surface area contributed by atoms with Crippen molar-refractivity contribution in [2.24, 2.45) is 0 Å². The summed E-state index contributed by atoms with van der Waals surface area (Å²) < 4.78 is 0. The lowest BCUT2D eigenvalue weighted by molar-refractivity contribution is 0.626. The zero-order valence-corrected chi connectivity index (χ0v) is 14.9. The first-order valence-electron chi connectivity index (χ1n) is 8.31. The SMILES string of the molecule is CCC(CC)c1cc(-c2ccccc2)c2cc(SC)ccc2n1. The number of hydrogen-bond acceptors (Lipinski definition) is 2. The summed E-state index contributed by atoms with van der Waals surface area (Å²) in [6.45, 7) is 4.50. The second kappa shape index (κ2) is 7.18. The van der Waals surface area contributed by atoms with Crippen LogP contribution < -0.4 is 0 Å². The van der Waals surface area contributed by atoms with Crippen molar-refractivity contribution < 1.29 is 0 Å². The van der Waals surface area contributed by atoms with Crippen molar-refractivity contribution in [3.63, 3.8) is 0 Å². The lowest BCUT2D eigenvalue weighted by Gasteiger charge is -2.16. The average Bonchev–Trinajstić information content (AvgIpc) is 2.62. The molecule has 0 aliphatic heterocycles. The lowest BCUT2D eigenvalue weighted by atomic mass is 9.93. The summed E-state index contributed by atoms with van der Waals surface area (Å²) >= 11 is 1.78. The first-order valence-corrected chi connectivity index (χ1v) is 9.53. The van der Waals surface area contributed by atoms with Crippen LogP contribution in [0.2, 0.25) is 0 Å². The number of aromatic nitrogens is 1. The molecule has 1 heterocycles. The molecule has 0 atom stereocenters. The molecule has 0 aliphatic rings. The third-order valence-corrected chi connectivity index (χ3v) is 5.25. The molecule has 1 aromatic heterocycles. The number of fused-ring (bicyclic) bond motifs is 1. The van der Waals surface area contributed by atoms with E-state index in [1.165, 1.54) is 27.1 Å². The Labute approximate surface area is 143 Å². The fraction of sp³-hybridized carbons (Fsp3) is 0.286. The van der Waals surface area contributed by atoms with Crippen LogP contribution in [0.4, 0.5) is 0 Å². The van der Waals surface area contributed by atoms with Crippen molar-refractivity contribution in [1.82, 2.24) is 4.98 Å². The fourth-order valence-electron chi connectivity index (χ4n) is 3.12. The van der Waals surface area contributed by atoms with E-state index >= 15 is 0 Å². The van der Waals surface area contributed by atoms with Crippen LogP contribution in [0.25, 0.3) is 22.0 Å². The molecule has 0 N–H and O–H groups in total. The van der Waals surface area contributed by atoms with Gasteiger partial charge in [0.1, 0.15) is 0 Å². The molecule has 3 rings (SSSR count). The van der Waals surface area contributed by atoms with Gasteiger partial charge < -0.3 is 0 Å². The smallest absolute Gasteiger partial charge is 0.0712 e. The number of hydrogen-bond donors (Lipinski definition) is 0. The van der Waals surface area contributed by atoms with Gasteiger partial charge in [0.05, 0.1) is 5.52 Å². The van der Waals surface area contributed by atoms with Crippen molar-refractivity contribution in [2.75, 3.05) is 6.26 Å². The van der Waals surface area contributed by atoms with Gasteiger partial charge >= 0.3 is 0 Å². The number of benzene rings is 2. The molecule has 0 bridgehead atoms. The van der Waals surface area contributed by atoms with Crippen LogP contribution in [0.15, 0.2) is 59.5 Å². The molecule has 23 heavy (non-hydrogen) atoms. The molecule has 0 saturated carbocycles. The second-order valence-corrected chi connectivity index (χ2v) is 6.74. The Morgan fingerprint density at radius 3 is 2.35 bits per heavy atom. The van der Waals surface area contributed by atoms with Gasteiger partial charge in [-0.3, -0.25) is 4.98 Å². The van der Waals surface area contributed by atoms with E-state index in [1.807, 2.05) is 0 Å². The zero-order valence-electron chi connectivity index (χ0n) is 14.0. The highest BCUT2D eigenvalue weighted by molar-refractivity contribution is 7.98.